The minimum atomic E-state index is -0.344. The minimum Gasteiger partial charge on any atom is -0.508 e. The van der Waals surface area contributed by atoms with Gasteiger partial charge >= 0.3 is 0 Å². The maximum Gasteiger partial charge on any atom is 0.224 e. The molecule has 0 heterocycles. The van der Waals surface area contributed by atoms with Crippen LogP contribution in [0.3, 0.4) is 0 Å². The first kappa shape index (κ1) is 14.5. The largest absolute Gasteiger partial charge is 0.508 e. The van der Waals surface area contributed by atoms with E-state index in [1.165, 1.54) is 0 Å². The van der Waals surface area contributed by atoms with Gasteiger partial charge in [-0.15, -0.1) is 0 Å². The lowest BCUT2D eigenvalue weighted by atomic mass is 10.0. The first-order chi connectivity index (χ1) is 8.47. The van der Waals surface area contributed by atoms with E-state index in [0.717, 1.165) is 5.56 Å². The summed E-state index contributed by atoms with van der Waals surface area (Å²) in [5, 5.41) is 21.3. The third-order valence-electron chi connectivity index (χ3n) is 2.67. The lowest BCUT2D eigenvalue weighted by Gasteiger charge is -2.14. The summed E-state index contributed by atoms with van der Waals surface area (Å²) in [6.07, 6.45) is 0.588. The number of benzene rings is 1. The van der Waals surface area contributed by atoms with Crippen LogP contribution in [0.15, 0.2) is 24.3 Å². The molecule has 0 saturated heterocycles. The molecule has 18 heavy (non-hydrogen) atoms. The van der Waals surface area contributed by atoms with E-state index in [9.17, 15) is 15.0 Å². The number of carbonyl (C=O) groups excluding carboxylic acids is 1. The first-order valence-electron chi connectivity index (χ1n) is 6.20. The van der Waals surface area contributed by atoms with Crippen molar-refractivity contribution in [1.29, 1.82) is 0 Å². The van der Waals surface area contributed by atoms with Crippen LogP contribution in [0.25, 0.3) is 0 Å². The number of aliphatic hydroxyl groups is 1. The van der Waals surface area contributed by atoms with E-state index in [0.29, 0.717) is 13.0 Å². The van der Waals surface area contributed by atoms with E-state index in [4.69, 9.17) is 0 Å². The SMILES string of the molecule is C[C@H](CNC(=O)Cc1cccc(O)c1)C[C@@H](C)O. The van der Waals surface area contributed by atoms with Gasteiger partial charge in [-0.3, -0.25) is 4.79 Å². The molecule has 0 saturated carbocycles. The van der Waals surface area contributed by atoms with E-state index < -0.39 is 0 Å². The average Bonchev–Trinajstić information content (AvgIpc) is 2.25. The minimum absolute atomic E-state index is 0.0713. The fraction of sp³-hybridized carbons (Fsp3) is 0.500. The Hall–Kier alpha value is -1.55. The summed E-state index contributed by atoms with van der Waals surface area (Å²) in [5.41, 5.74) is 0.788. The number of phenolic OH excluding ortho intramolecular Hbond substituents is 1. The van der Waals surface area contributed by atoms with Gasteiger partial charge in [0.25, 0.3) is 0 Å². The van der Waals surface area contributed by atoms with Crippen LogP contribution in [0.4, 0.5) is 0 Å². The molecule has 0 fully saturated rings. The lowest BCUT2D eigenvalue weighted by molar-refractivity contribution is -0.120. The Morgan fingerprint density at radius 3 is 2.72 bits per heavy atom. The fourth-order valence-corrected chi connectivity index (χ4v) is 1.87. The zero-order valence-electron chi connectivity index (χ0n) is 10.9. The molecule has 0 unspecified atom stereocenters. The summed E-state index contributed by atoms with van der Waals surface area (Å²) in [6.45, 7) is 4.29. The number of nitrogens with one attached hydrogen (secondary N) is 1. The van der Waals surface area contributed by atoms with Crippen LogP contribution < -0.4 is 5.32 Å². The molecule has 0 aliphatic rings. The van der Waals surface area contributed by atoms with Crippen molar-refractivity contribution in [1.82, 2.24) is 5.32 Å². The molecule has 100 valence electrons. The predicted octanol–water partition coefficient (Wildman–Crippen LogP) is 1.46. The zero-order chi connectivity index (χ0) is 13.5. The quantitative estimate of drug-likeness (QED) is 0.717. The number of rotatable bonds is 6. The smallest absolute Gasteiger partial charge is 0.224 e. The second-order valence-corrected chi connectivity index (χ2v) is 4.84. The maximum atomic E-state index is 11.7. The predicted molar refractivity (Wildman–Crippen MR) is 70.3 cm³/mol. The van der Waals surface area contributed by atoms with Crippen LogP contribution in [0, 0.1) is 5.92 Å². The molecule has 0 aromatic heterocycles. The van der Waals surface area contributed by atoms with Crippen molar-refractivity contribution in [2.75, 3.05) is 6.54 Å². The number of phenols is 1. The van der Waals surface area contributed by atoms with Crippen LogP contribution in [0.2, 0.25) is 0 Å². The van der Waals surface area contributed by atoms with E-state index in [2.05, 4.69) is 5.32 Å². The maximum absolute atomic E-state index is 11.7. The molecule has 0 aliphatic carbocycles. The number of hydrogen-bond donors (Lipinski definition) is 3. The molecule has 0 bridgehead atoms. The number of hydrogen-bond acceptors (Lipinski definition) is 3. The summed E-state index contributed by atoms with van der Waals surface area (Å²) in [5.74, 6) is 0.346. The summed E-state index contributed by atoms with van der Waals surface area (Å²) in [6, 6.07) is 6.68. The highest BCUT2D eigenvalue weighted by atomic mass is 16.3. The van der Waals surface area contributed by atoms with Gasteiger partial charge < -0.3 is 15.5 Å². The monoisotopic (exact) mass is 251 g/mol. The highest BCUT2D eigenvalue weighted by molar-refractivity contribution is 5.78. The van der Waals surface area contributed by atoms with Crippen molar-refractivity contribution in [2.24, 2.45) is 5.92 Å². The van der Waals surface area contributed by atoms with Gasteiger partial charge in [-0.2, -0.15) is 0 Å². The van der Waals surface area contributed by atoms with Gasteiger partial charge in [-0.25, -0.2) is 0 Å². The Balaban J connectivity index is 2.34. The molecule has 4 heteroatoms. The van der Waals surface area contributed by atoms with Crippen molar-refractivity contribution >= 4 is 5.91 Å². The van der Waals surface area contributed by atoms with Crippen molar-refractivity contribution in [3.05, 3.63) is 29.8 Å². The third-order valence-corrected chi connectivity index (χ3v) is 2.67. The van der Waals surface area contributed by atoms with E-state index >= 15 is 0 Å². The number of aliphatic hydroxyl groups excluding tert-OH is 1. The van der Waals surface area contributed by atoms with Crippen LogP contribution in [0.5, 0.6) is 5.75 Å². The first-order valence-corrected chi connectivity index (χ1v) is 6.20. The standard InChI is InChI=1S/C14H21NO3/c1-10(6-11(2)16)9-15-14(18)8-12-4-3-5-13(17)7-12/h3-5,7,10-11,16-17H,6,8-9H2,1-2H3,(H,15,18)/t10-,11+/m0/s1. The molecular formula is C14H21NO3. The zero-order valence-corrected chi connectivity index (χ0v) is 10.9. The van der Waals surface area contributed by atoms with Crippen LogP contribution in [-0.4, -0.2) is 28.8 Å². The Morgan fingerprint density at radius 1 is 1.39 bits per heavy atom. The molecule has 3 N–H and O–H groups in total. The Bertz CT molecular complexity index is 390. The van der Waals surface area contributed by atoms with Gasteiger partial charge in [0.05, 0.1) is 12.5 Å². The molecule has 1 rings (SSSR count). The average molecular weight is 251 g/mol. The molecule has 0 spiro atoms. The molecule has 0 aliphatic heterocycles. The highest BCUT2D eigenvalue weighted by Crippen LogP contribution is 2.11. The van der Waals surface area contributed by atoms with Gasteiger partial charge in [0.2, 0.25) is 5.91 Å². The fourth-order valence-electron chi connectivity index (χ4n) is 1.87. The van der Waals surface area contributed by atoms with Crippen LogP contribution in [-0.2, 0) is 11.2 Å². The summed E-state index contributed by atoms with van der Waals surface area (Å²) in [7, 11) is 0. The van der Waals surface area contributed by atoms with E-state index in [1.807, 2.05) is 6.92 Å². The van der Waals surface area contributed by atoms with E-state index in [1.54, 1.807) is 31.2 Å². The number of aromatic hydroxyl groups is 1. The van der Waals surface area contributed by atoms with Crippen LogP contribution >= 0.6 is 0 Å². The van der Waals surface area contributed by atoms with Crippen molar-refractivity contribution in [2.45, 2.75) is 32.8 Å². The summed E-state index contributed by atoms with van der Waals surface area (Å²) >= 11 is 0. The van der Waals surface area contributed by atoms with Gasteiger partial charge in [0, 0.05) is 6.54 Å². The molecule has 2 atom stereocenters. The normalized spacial score (nSPS) is 13.9. The second-order valence-electron chi connectivity index (χ2n) is 4.84. The van der Waals surface area contributed by atoms with Crippen LogP contribution in [0.1, 0.15) is 25.8 Å². The highest BCUT2D eigenvalue weighted by Gasteiger charge is 2.09. The summed E-state index contributed by atoms with van der Waals surface area (Å²) in [4.78, 5) is 11.7. The summed E-state index contributed by atoms with van der Waals surface area (Å²) < 4.78 is 0. The number of carbonyl (C=O) groups is 1. The Morgan fingerprint density at radius 2 is 2.11 bits per heavy atom. The second kappa shape index (κ2) is 7.01. The van der Waals surface area contributed by atoms with Crippen molar-refractivity contribution in [3.63, 3.8) is 0 Å². The Kier molecular flexibility index (Phi) is 5.65. The van der Waals surface area contributed by atoms with Gasteiger partial charge in [-0.1, -0.05) is 19.1 Å². The third kappa shape index (κ3) is 5.68. The van der Waals surface area contributed by atoms with Gasteiger partial charge in [-0.05, 0) is 37.0 Å². The number of amides is 1. The molecule has 1 amide bonds. The molecule has 0 radical (unpaired) electrons. The topological polar surface area (TPSA) is 69.6 Å². The molecular weight excluding hydrogens is 230 g/mol. The van der Waals surface area contributed by atoms with Gasteiger partial charge in [0.1, 0.15) is 5.75 Å². The van der Waals surface area contributed by atoms with Gasteiger partial charge in [0.15, 0.2) is 0 Å². The Labute approximate surface area is 108 Å². The lowest BCUT2D eigenvalue weighted by Crippen LogP contribution is -2.30. The van der Waals surface area contributed by atoms with E-state index in [-0.39, 0.29) is 30.1 Å². The van der Waals surface area contributed by atoms with Crippen molar-refractivity contribution < 1.29 is 15.0 Å². The molecule has 4 nitrogen and oxygen atoms in total. The molecule has 1 aromatic carbocycles. The molecule has 1 aromatic rings. The van der Waals surface area contributed by atoms with Crippen molar-refractivity contribution in [3.8, 4) is 5.75 Å².